The van der Waals surface area contributed by atoms with Crippen LogP contribution in [-0.4, -0.2) is 26.4 Å². The molecule has 0 fully saturated rings. The van der Waals surface area contributed by atoms with Crippen molar-refractivity contribution in [1.29, 1.82) is 0 Å². The standard InChI is InChI=1S/C20H24N2O3S/c1-23-15-8-9-16-13(11-15)5-4-6-17(16)22-20(26)21-14-7-10-18(24-2)19(12-14)25-3/h7-12,17H,4-6H2,1-3H3,(H2,21,22,26)/t17-/m0/s1. The van der Waals surface area contributed by atoms with Gasteiger partial charge in [0.25, 0.3) is 0 Å². The number of hydrogen-bond acceptors (Lipinski definition) is 4. The predicted octanol–water partition coefficient (Wildman–Crippen LogP) is 4.08. The lowest BCUT2D eigenvalue weighted by Gasteiger charge is -2.28. The van der Waals surface area contributed by atoms with Gasteiger partial charge < -0.3 is 24.8 Å². The van der Waals surface area contributed by atoms with Crippen molar-refractivity contribution in [2.45, 2.75) is 25.3 Å². The van der Waals surface area contributed by atoms with Crippen molar-refractivity contribution >= 4 is 23.0 Å². The smallest absolute Gasteiger partial charge is 0.171 e. The Morgan fingerprint density at radius 3 is 2.54 bits per heavy atom. The Kier molecular flexibility index (Phi) is 5.83. The molecule has 3 rings (SSSR count). The van der Waals surface area contributed by atoms with Crippen LogP contribution in [0.3, 0.4) is 0 Å². The maximum Gasteiger partial charge on any atom is 0.171 e. The van der Waals surface area contributed by atoms with Gasteiger partial charge in [0.15, 0.2) is 16.6 Å². The molecule has 1 atom stereocenters. The number of rotatable bonds is 5. The van der Waals surface area contributed by atoms with Crippen LogP contribution in [0.1, 0.15) is 30.0 Å². The Hall–Kier alpha value is -2.47. The number of nitrogens with one attached hydrogen (secondary N) is 2. The second-order valence-electron chi connectivity index (χ2n) is 6.18. The first kappa shape index (κ1) is 18.3. The summed E-state index contributed by atoms with van der Waals surface area (Å²) < 4.78 is 15.9. The lowest BCUT2D eigenvalue weighted by molar-refractivity contribution is 0.355. The number of ether oxygens (including phenoxy) is 3. The van der Waals surface area contributed by atoms with Crippen molar-refractivity contribution in [3.8, 4) is 17.2 Å². The van der Waals surface area contributed by atoms with Gasteiger partial charge in [-0.1, -0.05) is 6.07 Å². The zero-order valence-corrected chi connectivity index (χ0v) is 16.1. The van der Waals surface area contributed by atoms with Crippen molar-refractivity contribution in [2.24, 2.45) is 0 Å². The molecule has 0 spiro atoms. The first-order chi connectivity index (χ1) is 12.6. The topological polar surface area (TPSA) is 51.8 Å². The van der Waals surface area contributed by atoms with Crippen molar-refractivity contribution in [2.75, 3.05) is 26.6 Å². The second kappa shape index (κ2) is 8.27. The summed E-state index contributed by atoms with van der Waals surface area (Å²) in [5.41, 5.74) is 3.46. The van der Waals surface area contributed by atoms with Gasteiger partial charge in [-0.3, -0.25) is 0 Å². The molecule has 1 aliphatic rings. The van der Waals surface area contributed by atoms with Crippen LogP contribution in [0.5, 0.6) is 17.2 Å². The third kappa shape index (κ3) is 4.02. The fourth-order valence-corrected chi connectivity index (χ4v) is 3.57. The minimum absolute atomic E-state index is 0.199. The van der Waals surface area contributed by atoms with E-state index in [1.165, 1.54) is 11.1 Å². The molecule has 138 valence electrons. The van der Waals surface area contributed by atoms with E-state index in [0.29, 0.717) is 16.6 Å². The summed E-state index contributed by atoms with van der Waals surface area (Å²) in [4.78, 5) is 0. The van der Waals surface area contributed by atoms with E-state index < -0.39 is 0 Å². The Morgan fingerprint density at radius 1 is 1.00 bits per heavy atom. The van der Waals surface area contributed by atoms with Crippen LogP contribution in [0.4, 0.5) is 5.69 Å². The Balaban J connectivity index is 1.70. The van der Waals surface area contributed by atoms with Gasteiger partial charge in [-0.2, -0.15) is 0 Å². The molecular weight excluding hydrogens is 348 g/mol. The minimum atomic E-state index is 0.199. The number of thiocarbonyl (C=S) groups is 1. The molecule has 0 heterocycles. The molecule has 0 aliphatic heterocycles. The molecule has 0 radical (unpaired) electrons. The van der Waals surface area contributed by atoms with Gasteiger partial charge >= 0.3 is 0 Å². The monoisotopic (exact) mass is 372 g/mol. The summed E-state index contributed by atoms with van der Waals surface area (Å²) in [5.74, 6) is 2.25. The molecule has 2 aromatic carbocycles. The highest BCUT2D eigenvalue weighted by Gasteiger charge is 2.21. The van der Waals surface area contributed by atoms with Gasteiger partial charge in [-0.05, 0) is 66.9 Å². The molecule has 0 saturated carbocycles. The number of anilines is 1. The van der Waals surface area contributed by atoms with Gasteiger partial charge in [-0.15, -0.1) is 0 Å². The SMILES string of the molecule is COc1ccc2c(c1)CCC[C@@H]2NC(=S)Nc1ccc(OC)c(OC)c1. The van der Waals surface area contributed by atoms with Gasteiger partial charge in [-0.25, -0.2) is 0 Å². The van der Waals surface area contributed by atoms with Crippen LogP contribution < -0.4 is 24.8 Å². The highest BCUT2D eigenvalue weighted by atomic mass is 32.1. The number of benzene rings is 2. The van der Waals surface area contributed by atoms with E-state index in [-0.39, 0.29) is 6.04 Å². The maximum atomic E-state index is 5.52. The summed E-state index contributed by atoms with van der Waals surface area (Å²) in [5, 5.41) is 7.25. The van der Waals surface area contributed by atoms with Crippen molar-refractivity contribution < 1.29 is 14.2 Å². The molecule has 2 N–H and O–H groups in total. The molecule has 1 aliphatic carbocycles. The lowest BCUT2D eigenvalue weighted by Crippen LogP contribution is -2.34. The molecule has 0 bridgehead atoms. The minimum Gasteiger partial charge on any atom is -0.497 e. The number of fused-ring (bicyclic) bond motifs is 1. The van der Waals surface area contributed by atoms with Gasteiger partial charge in [0.2, 0.25) is 0 Å². The zero-order chi connectivity index (χ0) is 18.5. The number of hydrogen-bond donors (Lipinski definition) is 2. The molecule has 5 nitrogen and oxygen atoms in total. The summed E-state index contributed by atoms with van der Waals surface area (Å²) in [7, 11) is 4.93. The molecule has 0 amide bonds. The summed E-state index contributed by atoms with van der Waals surface area (Å²) >= 11 is 5.52. The predicted molar refractivity (Wildman–Crippen MR) is 108 cm³/mol. The van der Waals surface area contributed by atoms with Crippen LogP contribution in [0.25, 0.3) is 0 Å². The van der Waals surface area contributed by atoms with E-state index in [2.05, 4.69) is 22.8 Å². The van der Waals surface area contributed by atoms with E-state index in [9.17, 15) is 0 Å². The van der Waals surface area contributed by atoms with Crippen LogP contribution in [0.2, 0.25) is 0 Å². The van der Waals surface area contributed by atoms with Gasteiger partial charge in [0.05, 0.1) is 27.4 Å². The normalized spacial score (nSPS) is 15.6. The molecule has 26 heavy (non-hydrogen) atoms. The molecule has 2 aromatic rings. The van der Waals surface area contributed by atoms with Gasteiger partial charge in [0, 0.05) is 11.8 Å². The quantitative estimate of drug-likeness (QED) is 0.772. The van der Waals surface area contributed by atoms with Crippen LogP contribution in [0, 0.1) is 0 Å². The average molecular weight is 372 g/mol. The highest BCUT2D eigenvalue weighted by molar-refractivity contribution is 7.80. The van der Waals surface area contributed by atoms with E-state index >= 15 is 0 Å². The van der Waals surface area contributed by atoms with E-state index in [1.54, 1.807) is 21.3 Å². The van der Waals surface area contributed by atoms with Crippen molar-refractivity contribution in [3.05, 3.63) is 47.5 Å². The van der Waals surface area contributed by atoms with Crippen molar-refractivity contribution in [3.63, 3.8) is 0 Å². The third-order valence-corrected chi connectivity index (χ3v) is 4.83. The molecule has 0 aromatic heterocycles. The zero-order valence-electron chi connectivity index (χ0n) is 15.3. The van der Waals surface area contributed by atoms with Crippen LogP contribution >= 0.6 is 12.2 Å². The summed E-state index contributed by atoms with van der Waals surface area (Å²) in [6, 6.07) is 12.1. The van der Waals surface area contributed by atoms with E-state index in [4.69, 9.17) is 26.4 Å². The lowest BCUT2D eigenvalue weighted by atomic mass is 9.87. The number of methoxy groups -OCH3 is 3. The molecular formula is C20H24N2O3S. The molecule has 0 saturated heterocycles. The van der Waals surface area contributed by atoms with E-state index in [0.717, 1.165) is 30.7 Å². The van der Waals surface area contributed by atoms with Crippen LogP contribution in [0.15, 0.2) is 36.4 Å². The molecule has 0 unspecified atom stereocenters. The Morgan fingerprint density at radius 2 is 1.81 bits per heavy atom. The van der Waals surface area contributed by atoms with Gasteiger partial charge in [0.1, 0.15) is 5.75 Å². The second-order valence-corrected chi connectivity index (χ2v) is 6.59. The largest absolute Gasteiger partial charge is 0.497 e. The first-order valence-electron chi connectivity index (χ1n) is 8.61. The van der Waals surface area contributed by atoms with E-state index in [1.807, 2.05) is 24.3 Å². The molecule has 6 heteroatoms. The Labute approximate surface area is 159 Å². The fourth-order valence-electron chi connectivity index (χ4n) is 3.31. The highest BCUT2D eigenvalue weighted by Crippen LogP contribution is 2.33. The van der Waals surface area contributed by atoms with Crippen molar-refractivity contribution in [1.82, 2.24) is 5.32 Å². The fraction of sp³-hybridized carbons (Fsp3) is 0.350. The number of aryl methyl sites for hydroxylation is 1. The summed E-state index contributed by atoms with van der Waals surface area (Å²) in [6.45, 7) is 0. The summed E-state index contributed by atoms with van der Waals surface area (Å²) in [6.07, 6.45) is 3.24. The van der Waals surface area contributed by atoms with Crippen LogP contribution in [-0.2, 0) is 6.42 Å². The first-order valence-corrected chi connectivity index (χ1v) is 9.01. The Bertz CT molecular complexity index is 795. The third-order valence-electron chi connectivity index (χ3n) is 4.61. The average Bonchev–Trinajstić information content (AvgIpc) is 2.67. The maximum absolute atomic E-state index is 5.52.